The summed E-state index contributed by atoms with van der Waals surface area (Å²) < 4.78 is 39.4. The van der Waals surface area contributed by atoms with Crippen LogP contribution in [-0.2, 0) is 6.18 Å². The van der Waals surface area contributed by atoms with Crippen LogP contribution < -0.4 is 0 Å². The topological polar surface area (TPSA) is 54.6 Å². The standard InChI is InChI=1S/C15H8ClF3N2O2/c16-10-4-1-8(2-5-10)12-13(14(22)23)21-7-9(15(17,18)19)3-6-11(21)20-12/h1-7H,(H,22,23). The lowest BCUT2D eigenvalue weighted by Gasteiger charge is -2.07. The maximum absolute atomic E-state index is 12.8. The van der Waals surface area contributed by atoms with Gasteiger partial charge in [0.1, 0.15) is 11.3 Å². The van der Waals surface area contributed by atoms with Gasteiger partial charge in [-0.15, -0.1) is 0 Å². The molecule has 0 fully saturated rings. The van der Waals surface area contributed by atoms with Gasteiger partial charge in [-0.25, -0.2) is 9.78 Å². The van der Waals surface area contributed by atoms with Gasteiger partial charge in [0, 0.05) is 16.8 Å². The minimum atomic E-state index is -4.57. The normalized spacial score (nSPS) is 11.8. The first-order valence-corrected chi connectivity index (χ1v) is 6.73. The van der Waals surface area contributed by atoms with Crippen LogP contribution in [0.3, 0.4) is 0 Å². The van der Waals surface area contributed by atoms with E-state index in [0.717, 1.165) is 22.7 Å². The molecule has 3 aromatic rings. The number of aromatic nitrogens is 2. The number of hydrogen-bond acceptors (Lipinski definition) is 2. The van der Waals surface area contributed by atoms with Gasteiger partial charge < -0.3 is 5.11 Å². The SMILES string of the molecule is O=C(O)c1c(-c2ccc(Cl)cc2)nc2ccc(C(F)(F)F)cn12. The van der Waals surface area contributed by atoms with Crippen molar-refractivity contribution in [1.82, 2.24) is 9.38 Å². The molecule has 0 bridgehead atoms. The van der Waals surface area contributed by atoms with Crippen LogP contribution in [0.25, 0.3) is 16.9 Å². The number of carbonyl (C=O) groups is 1. The molecule has 1 aromatic carbocycles. The van der Waals surface area contributed by atoms with Gasteiger partial charge in [0.05, 0.1) is 5.56 Å². The Morgan fingerprint density at radius 1 is 1.13 bits per heavy atom. The summed E-state index contributed by atoms with van der Waals surface area (Å²) in [5.74, 6) is -1.37. The summed E-state index contributed by atoms with van der Waals surface area (Å²) in [5, 5.41) is 9.85. The summed E-state index contributed by atoms with van der Waals surface area (Å²) in [7, 11) is 0. The average Bonchev–Trinajstić information content (AvgIpc) is 2.85. The van der Waals surface area contributed by atoms with Gasteiger partial charge in [0.15, 0.2) is 5.69 Å². The highest BCUT2D eigenvalue weighted by Gasteiger charge is 2.32. The summed E-state index contributed by atoms with van der Waals surface area (Å²) in [6, 6.07) is 8.21. The second kappa shape index (κ2) is 5.27. The molecule has 0 aliphatic heterocycles. The van der Waals surface area contributed by atoms with E-state index >= 15 is 0 Å². The molecule has 2 aromatic heterocycles. The molecule has 0 atom stereocenters. The third-order valence-electron chi connectivity index (χ3n) is 3.27. The number of rotatable bonds is 2. The Kier molecular flexibility index (Phi) is 3.52. The van der Waals surface area contributed by atoms with Gasteiger partial charge >= 0.3 is 12.1 Å². The van der Waals surface area contributed by atoms with Crippen molar-refractivity contribution in [3.05, 3.63) is 58.9 Å². The Morgan fingerprint density at radius 2 is 1.78 bits per heavy atom. The van der Waals surface area contributed by atoms with Crippen molar-refractivity contribution in [2.75, 3.05) is 0 Å². The van der Waals surface area contributed by atoms with E-state index in [1.165, 1.54) is 0 Å². The van der Waals surface area contributed by atoms with Gasteiger partial charge in [-0.3, -0.25) is 4.40 Å². The molecule has 0 amide bonds. The minimum absolute atomic E-state index is 0.0773. The molecule has 2 heterocycles. The molecular weight excluding hydrogens is 333 g/mol. The molecule has 0 spiro atoms. The van der Waals surface area contributed by atoms with E-state index < -0.39 is 17.7 Å². The maximum atomic E-state index is 12.8. The van der Waals surface area contributed by atoms with Crippen molar-refractivity contribution in [2.24, 2.45) is 0 Å². The fourth-order valence-electron chi connectivity index (χ4n) is 2.23. The lowest BCUT2D eigenvalue weighted by atomic mass is 10.1. The van der Waals surface area contributed by atoms with Gasteiger partial charge in [0.2, 0.25) is 0 Å². The Bertz CT molecular complexity index is 901. The number of carboxylic acids is 1. The van der Waals surface area contributed by atoms with Crippen LogP contribution in [0.1, 0.15) is 16.1 Å². The largest absolute Gasteiger partial charge is 0.476 e. The Morgan fingerprint density at radius 3 is 2.35 bits per heavy atom. The van der Waals surface area contributed by atoms with Crippen LogP contribution in [0, 0.1) is 0 Å². The van der Waals surface area contributed by atoms with Crippen molar-refractivity contribution in [2.45, 2.75) is 6.18 Å². The number of halogens is 4. The first-order valence-electron chi connectivity index (χ1n) is 6.36. The number of nitrogens with zero attached hydrogens (tertiary/aromatic N) is 2. The Hall–Kier alpha value is -2.54. The van der Waals surface area contributed by atoms with Crippen LogP contribution in [-0.4, -0.2) is 20.5 Å². The number of aromatic carboxylic acids is 1. The summed E-state index contributed by atoms with van der Waals surface area (Å²) in [4.78, 5) is 15.7. The molecule has 0 radical (unpaired) electrons. The molecule has 0 unspecified atom stereocenters. The monoisotopic (exact) mass is 340 g/mol. The molecule has 8 heteroatoms. The number of alkyl halides is 3. The summed E-state index contributed by atoms with van der Waals surface area (Å²) >= 11 is 5.78. The molecule has 0 aliphatic rings. The van der Waals surface area contributed by atoms with Crippen LogP contribution in [0.15, 0.2) is 42.6 Å². The zero-order chi connectivity index (χ0) is 16.8. The van der Waals surface area contributed by atoms with E-state index in [1.54, 1.807) is 24.3 Å². The molecule has 0 aliphatic carbocycles. The highest BCUT2D eigenvalue weighted by atomic mass is 35.5. The number of hydrogen-bond donors (Lipinski definition) is 1. The zero-order valence-corrected chi connectivity index (χ0v) is 12.1. The van der Waals surface area contributed by atoms with Crippen molar-refractivity contribution >= 4 is 23.2 Å². The summed E-state index contributed by atoms with van der Waals surface area (Å²) in [6.07, 6.45) is -3.85. The quantitative estimate of drug-likeness (QED) is 0.753. The second-order valence-electron chi connectivity index (χ2n) is 4.76. The van der Waals surface area contributed by atoms with Crippen LogP contribution in [0.4, 0.5) is 13.2 Å². The molecule has 1 N–H and O–H groups in total. The number of imidazole rings is 1. The van der Waals surface area contributed by atoms with Crippen molar-refractivity contribution < 1.29 is 23.1 Å². The lowest BCUT2D eigenvalue weighted by molar-refractivity contribution is -0.137. The van der Waals surface area contributed by atoms with Crippen LogP contribution in [0.5, 0.6) is 0 Å². The zero-order valence-electron chi connectivity index (χ0n) is 11.3. The molecule has 0 saturated carbocycles. The first-order chi connectivity index (χ1) is 10.8. The molecule has 23 heavy (non-hydrogen) atoms. The van der Waals surface area contributed by atoms with Gasteiger partial charge in [-0.2, -0.15) is 13.2 Å². The van der Waals surface area contributed by atoms with Gasteiger partial charge in [0.25, 0.3) is 0 Å². The molecule has 118 valence electrons. The second-order valence-corrected chi connectivity index (χ2v) is 5.20. The van der Waals surface area contributed by atoms with E-state index in [9.17, 15) is 23.1 Å². The van der Waals surface area contributed by atoms with E-state index in [1.807, 2.05) is 0 Å². The Balaban J connectivity index is 2.29. The van der Waals surface area contributed by atoms with E-state index in [0.29, 0.717) is 10.6 Å². The third-order valence-corrected chi connectivity index (χ3v) is 3.52. The fraction of sp³-hybridized carbons (Fsp3) is 0.0667. The van der Waals surface area contributed by atoms with Crippen molar-refractivity contribution in [3.63, 3.8) is 0 Å². The van der Waals surface area contributed by atoms with Crippen LogP contribution in [0.2, 0.25) is 5.02 Å². The predicted octanol–water partition coefficient (Wildman–Crippen LogP) is 4.37. The van der Waals surface area contributed by atoms with Gasteiger partial charge in [-0.1, -0.05) is 23.7 Å². The number of fused-ring (bicyclic) bond motifs is 1. The van der Waals surface area contributed by atoms with Gasteiger partial charge in [-0.05, 0) is 24.3 Å². The van der Waals surface area contributed by atoms with E-state index in [2.05, 4.69) is 4.98 Å². The first kappa shape index (κ1) is 15.4. The van der Waals surface area contributed by atoms with Crippen molar-refractivity contribution in [1.29, 1.82) is 0 Å². The summed E-state index contributed by atoms with van der Waals surface area (Å²) in [5.41, 5.74) is -0.654. The smallest absolute Gasteiger partial charge is 0.417 e. The summed E-state index contributed by atoms with van der Waals surface area (Å²) in [6.45, 7) is 0. The highest BCUT2D eigenvalue weighted by Crippen LogP contribution is 2.31. The average molecular weight is 341 g/mol. The van der Waals surface area contributed by atoms with Crippen LogP contribution >= 0.6 is 11.6 Å². The van der Waals surface area contributed by atoms with Crippen molar-refractivity contribution in [3.8, 4) is 11.3 Å². The number of benzene rings is 1. The number of carboxylic acid groups (broad SMARTS) is 1. The third kappa shape index (κ3) is 2.75. The molecule has 0 saturated heterocycles. The fourth-order valence-corrected chi connectivity index (χ4v) is 2.35. The highest BCUT2D eigenvalue weighted by molar-refractivity contribution is 6.30. The Labute approximate surface area is 132 Å². The number of pyridine rings is 1. The molecule has 4 nitrogen and oxygen atoms in total. The minimum Gasteiger partial charge on any atom is -0.476 e. The maximum Gasteiger partial charge on any atom is 0.417 e. The van der Waals surface area contributed by atoms with E-state index in [4.69, 9.17) is 11.6 Å². The molecular formula is C15H8ClF3N2O2. The van der Waals surface area contributed by atoms with E-state index in [-0.39, 0.29) is 17.0 Å². The lowest BCUT2D eigenvalue weighted by Crippen LogP contribution is -2.09. The predicted molar refractivity (Wildman–Crippen MR) is 77.6 cm³/mol. The molecule has 3 rings (SSSR count).